The lowest BCUT2D eigenvalue weighted by Crippen LogP contribution is -2.60. The highest BCUT2D eigenvalue weighted by atomic mass is 16.6. The van der Waals surface area contributed by atoms with Gasteiger partial charge in [0.15, 0.2) is 5.78 Å². The number of carbonyl (C=O) groups excluding carboxylic acids is 1. The van der Waals surface area contributed by atoms with Gasteiger partial charge in [0.05, 0.1) is 6.10 Å². The molecule has 3 atom stereocenters. The molecule has 1 unspecified atom stereocenters. The van der Waals surface area contributed by atoms with Gasteiger partial charge in [-0.15, -0.1) is 0 Å². The van der Waals surface area contributed by atoms with E-state index in [1.165, 1.54) is 0 Å². The van der Waals surface area contributed by atoms with Crippen molar-refractivity contribution in [3.05, 3.63) is 35.9 Å². The van der Waals surface area contributed by atoms with Crippen LogP contribution in [0.1, 0.15) is 31.9 Å². The highest BCUT2D eigenvalue weighted by molar-refractivity contribution is 5.94. The molecule has 1 aliphatic rings. The third-order valence-electron chi connectivity index (χ3n) is 3.60. The number of hydrogen-bond acceptors (Lipinski definition) is 3. The van der Waals surface area contributed by atoms with Crippen LogP contribution in [0.15, 0.2) is 30.3 Å². The van der Waals surface area contributed by atoms with Gasteiger partial charge in [-0.25, -0.2) is 0 Å². The Morgan fingerprint density at radius 3 is 2.53 bits per heavy atom. The van der Waals surface area contributed by atoms with Crippen LogP contribution in [-0.4, -0.2) is 24.6 Å². The number of ketones is 1. The summed E-state index contributed by atoms with van der Waals surface area (Å²) in [6.45, 7) is 3.79. The second-order valence-corrected chi connectivity index (χ2v) is 4.62. The molecule has 0 spiro atoms. The number of hydrogen-bond donors (Lipinski definition) is 0. The van der Waals surface area contributed by atoms with Gasteiger partial charge in [0.2, 0.25) is 0 Å². The molecule has 1 aliphatic carbocycles. The Bertz CT molecular complexity index is 401. The Labute approximate surface area is 102 Å². The summed E-state index contributed by atoms with van der Waals surface area (Å²) in [6, 6.07) is 9.99. The zero-order chi connectivity index (χ0) is 12.5. The van der Waals surface area contributed by atoms with Crippen molar-refractivity contribution in [2.75, 3.05) is 7.11 Å². The second kappa shape index (κ2) is 4.59. The fourth-order valence-electron chi connectivity index (χ4n) is 2.09. The number of benzene rings is 1. The van der Waals surface area contributed by atoms with Crippen molar-refractivity contribution in [3.63, 3.8) is 0 Å². The first-order chi connectivity index (χ1) is 8.08. The average Bonchev–Trinajstić information content (AvgIpc) is 2.38. The highest BCUT2D eigenvalue weighted by Gasteiger charge is 2.53. The number of rotatable bonds is 4. The molecule has 0 heterocycles. The minimum absolute atomic E-state index is 0.0243. The van der Waals surface area contributed by atoms with Crippen molar-refractivity contribution in [2.24, 2.45) is 0 Å². The Hall–Kier alpha value is -1.19. The lowest BCUT2D eigenvalue weighted by atomic mass is 9.76. The van der Waals surface area contributed by atoms with Crippen molar-refractivity contribution < 1.29 is 14.3 Å². The Morgan fingerprint density at radius 2 is 2.00 bits per heavy atom. The summed E-state index contributed by atoms with van der Waals surface area (Å²) in [5.41, 5.74) is 0.355. The van der Waals surface area contributed by atoms with Crippen LogP contribution in [0, 0.1) is 0 Å². The van der Waals surface area contributed by atoms with Gasteiger partial charge in [0.25, 0.3) is 0 Å². The number of Topliss-reactive ketones (excluding diaryl/α,β-unsaturated/α-hetero) is 1. The van der Waals surface area contributed by atoms with Gasteiger partial charge in [-0.05, 0) is 19.4 Å². The summed E-state index contributed by atoms with van der Waals surface area (Å²) < 4.78 is 11.2. The summed E-state index contributed by atoms with van der Waals surface area (Å²) in [6.07, 6.45) is 0.278. The summed E-state index contributed by atoms with van der Waals surface area (Å²) in [4.78, 5) is 11.5. The quantitative estimate of drug-likeness (QED) is 0.803. The molecule has 3 heteroatoms. The van der Waals surface area contributed by atoms with E-state index in [0.717, 1.165) is 5.56 Å². The maximum atomic E-state index is 11.5. The zero-order valence-corrected chi connectivity index (χ0v) is 10.5. The Balaban J connectivity index is 2.01. The zero-order valence-electron chi connectivity index (χ0n) is 10.5. The summed E-state index contributed by atoms with van der Waals surface area (Å²) in [7, 11) is 1.56. The lowest BCUT2D eigenvalue weighted by molar-refractivity contribution is -0.197. The summed E-state index contributed by atoms with van der Waals surface area (Å²) in [5.74, 6) is 0.116. The molecule has 1 fully saturated rings. The average molecular weight is 234 g/mol. The van der Waals surface area contributed by atoms with Crippen molar-refractivity contribution in [1.82, 2.24) is 0 Å². The van der Waals surface area contributed by atoms with Crippen LogP contribution in [0.2, 0.25) is 0 Å². The molecule has 0 bridgehead atoms. The minimum atomic E-state index is -0.761. The Kier molecular flexibility index (Phi) is 3.31. The summed E-state index contributed by atoms with van der Waals surface area (Å²) >= 11 is 0. The van der Waals surface area contributed by atoms with Gasteiger partial charge in [-0.2, -0.15) is 0 Å². The third-order valence-corrected chi connectivity index (χ3v) is 3.60. The number of methoxy groups -OCH3 is 1. The smallest absolute Gasteiger partial charge is 0.169 e. The fourth-order valence-corrected chi connectivity index (χ4v) is 2.09. The van der Waals surface area contributed by atoms with E-state index in [1.807, 2.05) is 37.3 Å². The van der Waals surface area contributed by atoms with E-state index in [2.05, 4.69) is 0 Å². The van der Waals surface area contributed by atoms with E-state index < -0.39 is 5.60 Å². The van der Waals surface area contributed by atoms with Crippen LogP contribution in [0.4, 0.5) is 0 Å². The van der Waals surface area contributed by atoms with Crippen LogP contribution in [0.25, 0.3) is 0 Å². The number of carbonyl (C=O) groups is 1. The van der Waals surface area contributed by atoms with E-state index in [0.29, 0.717) is 6.42 Å². The van der Waals surface area contributed by atoms with Gasteiger partial charge in [0, 0.05) is 13.5 Å². The number of ether oxygens (including phenoxy) is 2. The van der Waals surface area contributed by atoms with Gasteiger partial charge in [0.1, 0.15) is 11.7 Å². The van der Waals surface area contributed by atoms with Crippen molar-refractivity contribution >= 4 is 5.78 Å². The SMILES string of the molecule is CO[C@@]1(C)C(=O)C[C@@H]1OC(C)c1ccccc1. The highest BCUT2D eigenvalue weighted by Crippen LogP contribution is 2.37. The standard InChI is InChI=1S/C14H18O3/c1-10(11-7-5-4-6-8-11)17-13-9-12(15)14(13,2)16-3/h4-8,10,13H,9H2,1-3H3/t10?,13-,14-/m0/s1. The van der Waals surface area contributed by atoms with Crippen LogP contribution in [0.5, 0.6) is 0 Å². The van der Waals surface area contributed by atoms with Crippen molar-refractivity contribution in [3.8, 4) is 0 Å². The maximum absolute atomic E-state index is 11.5. The van der Waals surface area contributed by atoms with Gasteiger partial charge in [-0.3, -0.25) is 4.79 Å². The molecule has 1 aromatic rings. The van der Waals surface area contributed by atoms with E-state index in [4.69, 9.17) is 9.47 Å². The maximum Gasteiger partial charge on any atom is 0.169 e. The Morgan fingerprint density at radius 1 is 1.35 bits per heavy atom. The van der Waals surface area contributed by atoms with Crippen LogP contribution in [-0.2, 0) is 14.3 Å². The molecule has 0 amide bonds. The molecule has 0 N–H and O–H groups in total. The monoisotopic (exact) mass is 234 g/mol. The first-order valence-corrected chi connectivity index (χ1v) is 5.87. The third kappa shape index (κ3) is 2.13. The molecular formula is C14H18O3. The molecule has 17 heavy (non-hydrogen) atoms. The van der Waals surface area contributed by atoms with Crippen LogP contribution < -0.4 is 0 Å². The first kappa shape index (κ1) is 12.3. The van der Waals surface area contributed by atoms with E-state index in [9.17, 15) is 4.79 Å². The first-order valence-electron chi connectivity index (χ1n) is 5.87. The molecule has 1 saturated carbocycles. The molecule has 3 nitrogen and oxygen atoms in total. The van der Waals surface area contributed by atoms with Gasteiger partial charge < -0.3 is 9.47 Å². The van der Waals surface area contributed by atoms with E-state index in [1.54, 1.807) is 14.0 Å². The molecule has 92 valence electrons. The van der Waals surface area contributed by atoms with Gasteiger partial charge >= 0.3 is 0 Å². The lowest BCUT2D eigenvalue weighted by Gasteiger charge is -2.44. The minimum Gasteiger partial charge on any atom is -0.368 e. The van der Waals surface area contributed by atoms with Crippen LogP contribution >= 0.6 is 0 Å². The molecule has 1 aromatic carbocycles. The van der Waals surface area contributed by atoms with Crippen molar-refractivity contribution in [1.29, 1.82) is 0 Å². The molecule has 0 saturated heterocycles. The predicted molar refractivity (Wildman–Crippen MR) is 64.8 cm³/mol. The molecular weight excluding hydrogens is 216 g/mol. The van der Waals surface area contributed by atoms with Crippen LogP contribution in [0.3, 0.4) is 0 Å². The molecule has 0 aromatic heterocycles. The molecule has 2 rings (SSSR count). The van der Waals surface area contributed by atoms with Crippen molar-refractivity contribution in [2.45, 2.75) is 38.1 Å². The predicted octanol–water partition coefficient (Wildman–Crippen LogP) is 2.51. The van der Waals surface area contributed by atoms with E-state index >= 15 is 0 Å². The second-order valence-electron chi connectivity index (χ2n) is 4.62. The summed E-state index contributed by atoms with van der Waals surface area (Å²) in [5, 5.41) is 0. The molecule has 0 radical (unpaired) electrons. The molecule has 0 aliphatic heterocycles. The largest absolute Gasteiger partial charge is 0.368 e. The topological polar surface area (TPSA) is 35.5 Å². The van der Waals surface area contributed by atoms with Gasteiger partial charge in [-0.1, -0.05) is 30.3 Å². The normalized spacial score (nSPS) is 29.8. The fraction of sp³-hybridized carbons (Fsp3) is 0.500. The van der Waals surface area contributed by atoms with E-state index in [-0.39, 0.29) is 18.0 Å².